The molecule has 0 aliphatic rings. The van der Waals surface area contributed by atoms with E-state index in [0.29, 0.717) is 12.5 Å². The molecule has 100 valence electrons. The van der Waals surface area contributed by atoms with Crippen molar-refractivity contribution in [3.8, 4) is 11.5 Å². The monoisotopic (exact) mass is 255 g/mol. The first-order chi connectivity index (χ1) is 9.26. The number of nitrogens with two attached hydrogens (primary N) is 1. The molecule has 0 saturated carbocycles. The third-order valence-electron chi connectivity index (χ3n) is 3.47. The Balaban J connectivity index is 2.33. The van der Waals surface area contributed by atoms with Crippen molar-refractivity contribution in [2.24, 2.45) is 5.73 Å². The van der Waals surface area contributed by atoms with Gasteiger partial charge in [0.1, 0.15) is 11.5 Å². The molecule has 0 aliphatic heterocycles. The number of benzene rings is 2. The van der Waals surface area contributed by atoms with E-state index in [1.54, 1.807) is 0 Å². The molecule has 2 rings (SSSR count). The summed E-state index contributed by atoms with van der Waals surface area (Å²) in [6, 6.07) is 16.1. The third kappa shape index (κ3) is 3.15. The molecule has 2 aromatic rings. The lowest BCUT2D eigenvalue weighted by Gasteiger charge is -2.16. The molecule has 0 aliphatic carbocycles. The van der Waals surface area contributed by atoms with E-state index in [1.807, 2.05) is 36.4 Å². The van der Waals surface area contributed by atoms with Crippen molar-refractivity contribution in [1.29, 1.82) is 0 Å². The Morgan fingerprint density at radius 3 is 2.32 bits per heavy atom. The molecule has 1 atom stereocenters. The summed E-state index contributed by atoms with van der Waals surface area (Å²) in [5.74, 6) is 2.26. The highest BCUT2D eigenvalue weighted by atomic mass is 16.5. The zero-order chi connectivity index (χ0) is 13.7. The molecular weight excluding hydrogens is 234 g/mol. The van der Waals surface area contributed by atoms with Crippen molar-refractivity contribution in [1.82, 2.24) is 0 Å². The number of rotatable bonds is 5. The molecule has 0 aromatic heterocycles. The molecule has 0 amide bonds. The van der Waals surface area contributed by atoms with E-state index >= 15 is 0 Å². The van der Waals surface area contributed by atoms with Crippen molar-refractivity contribution in [3.63, 3.8) is 0 Å². The van der Waals surface area contributed by atoms with Gasteiger partial charge < -0.3 is 10.5 Å². The molecule has 0 heterocycles. The van der Waals surface area contributed by atoms with E-state index in [1.165, 1.54) is 5.56 Å². The van der Waals surface area contributed by atoms with E-state index < -0.39 is 0 Å². The minimum Gasteiger partial charge on any atom is -0.457 e. The minimum absolute atomic E-state index is 0.487. The highest BCUT2D eigenvalue weighted by Crippen LogP contribution is 2.33. The van der Waals surface area contributed by atoms with Crippen molar-refractivity contribution < 1.29 is 4.74 Å². The summed E-state index contributed by atoms with van der Waals surface area (Å²) in [6.45, 7) is 4.90. The second-order valence-electron chi connectivity index (χ2n) is 4.76. The molecule has 2 N–H and O–H groups in total. The topological polar surface area (TPSA) is 35.2 Å². The van der Waals surface area contributed by atoms with Crippen molar-refractivity contribution in [2.75, 3.05) is 0 Å². The Kier molecular flexibility index (Phi) is 4.58. The molecule has 2 aromatic carbocycles. The van der Waals surface area contributed by atoms with E-state index in [0.717, 1.165) is 23.5 Å². The first-order valence-electron chi connectivity index (χ1n) is 6.81. The Bertz CT molecular complexity index is 536. The van der Waals surface area contributed by atoms with Gasteiger partial charge >= 0.3 is 0 Å². The van der Waals surface area contributed by atoms with E-state index in [4.69, 9.17) is 10.5 Å². The summed E-state index contributed by atoms with van der Waals surface area (Å²) >= 11 is 0. The van der Waals surface area contributed by atoms with Gasteiger partial charge in [-0.05, 0) is 30.0 Å². The van der Waals surface area contributed by atoms with Gasteiger partial charge in [-0.25, -0.2) is 0 Å². The van der Waals surface area contributed by atoms with Gasteiger partial charge in [0.15, 0.2) is 0 Å². The predicted octanol–water partition coefficient (Wildman–Crippen LogP) is 4.45. The second-order valence-corrected chi connectivity index (χ2v) is 4.76. The molecule has 19 heavy (non-hydrogen) atoms. The number of hydrogen-bond acceptors (Lipinski definition) is 2. The van der Waals surface area contributed by atoms with Crippen LogP contribution in [-0.2, 0) is 6.54 Å². The number of para-hydroxylation sites is 2. The summed E-state index contributed by atoms with van der Waals surface area (Å²) in [5.41, 5.74) is 8.02. The summed E-state index contributed by atoms with van der Waals surface area (Å²) in [7, 11) is 0. The standard InChI is InChI=1S/C17H21NO/c1-3-13(2)15-9-5-7-11-17(15)19-16-10-6-4-8-14(16)12-18/h4-11,13H,3,12,18H2,1-2H3. The molecule has 0 spiro atoms. The highest BCUT2D eigenvalue weighted by molar-refractivity contribution is 5.42. The van der Waals surface area contributed by atoms with Gasteiger partial charge in [-0.3, -0.25) is 0 Å². The maximum Gasteiger partial charge on any atom is 0.131 e. The van der Waals surface area contributed by atoms with Crippen LogP contribution in [0.15, 0.2) is 48.5 Å². The fraction of sp³-hybridized carbons (Fsp3) is 0.294. The zero-order valence-corrected chi connectivity index (χ0v) is 11.6. The Morgan fingerprint density at radius 1 is 1.00 bits per heavy atom. The molecule has 1 unspecified atom stereocenters. The van der Waals surface area contributed by atoms with Crippen LogP contribution in [0.5, 0.6) is 11.5 Å². The molecule has 0 fully saturated rings. The second kappa shape index (κ2) is 6.39. The van der Waals surface area contributed by atoms with Crippen molar-refractivity contribution >= 4 is 0 Å². The van der Waals surface area contributed by atoms with Gasteiger partial charge in [0.2, 0.25) is 0 Å². The van der Waals surface area contributed by atoms with Crippen molar-refractivity contribution in [3.05, 3.63) is 59.7 Å². The summed E-state index contributed by atoms with van der Waals surface area (Å²) in [5, 5.41) is 0. The zero-order valence-electron chi connectivity index (χ0n) is 11.6. The molecule has 0 bridgehead atoms. The predicted molar refractivity (Wildman–Crippen MR) is 79.6 cm³/mol. The van der Waals surface area contributed by atoms with Crippen molar-refractivity contribution in [2.45, 2.75) is 32.7 Å². The van der Waals surface area contributed by atoms with E-state index in [-0.39, 0.29) is 0 Å². The van der Waals surface area contributed by atoms with Crippen LogP contribution in [0.4, 0.5) is 0 Å². The average molecular weight is 255 g/mol. The fourth-order valence-electron chi connectivity index (χ4n) is 2.09. The lowest BCUT2D eigenvalue weighted by atomic mass is 9.98. The Hall–Kier alpha value is -1.80. The Morgan fingerprint density at radius 2 is 1.63 bits per heavy atom. The average Bonchev–Trinajstić information content (AvgIpc) is 2.47. The van der Waals surface area contributed by atoms with Gasteiger partial charge in [0.05, 0.1) is 0 Å². The van der Waals surface area contributed by atoms with Crippen LogP contribution in [0.3, 0.4) is 0 Å². The van der Waals surface area contributed by atoms with Gasteiger partial charge in [0.25, 0.3) is 0 Å². The van der Waals surface area contributed by atoms with Crippen LogP contribution in [0.2, 0.25) is 0 Å². The molecule has 2 nitrogen and oxygen atoms in total. The minimum atomic E-state index is 0.487. The summed E-state index contributed by atoms with van der Waals surface area (Å²) in [6.07, 6.45) is 1.10. The molecule has 0 radical (unpaired) electrons. The van der Waals surface area contributed by atoms with Crippen LogP contribution >= 0.6 is 0 Å². The lowest BCUT2D eigenvalue weighted by molar-refractivity contribution is 0.464. The quantitative estimate of drug-likeness (QED) is 0.856. The Labute approximate surface area is 115 Å². The van der Waals surface area contributed by atoms with Gasteiger partial charge in [0, 0.05) is 12.1 Å². The van der Waals surface area contributed by atoms with Crippen LogP contribution in [-0.4, -0.2) is 0 Å². The number of hydrogen-bond donors (Lipinski definition) is 1. The lowest BCUT2D eigenvalue weighted by Crippen LogP contribution is -2.01. The number of ether oxygens (including phenoxy) is 1. The van der Waals surface area contributed by atoms with Crippen LogP contribution in [0.1, 0.15) is 37.3 Å². The van der Waals surface area contributed by atoms with Crippen LogP contribution < -0.4 is 10.5 Å². The van der Waals surface area contributed by atoms with Crippen LogP contribution in [0, 0.1) is 0 Å². The van der Waals surface area contributed by atoms with Gasteiger partial charge in [-0.15, -0.1) is 0 Å². The van der Waals surface area contributed by atoms with Gasteiger partial charge in [-0.2, -0.15) is 0 Å². The van der Waals surface area contributed by atoms with Gasteiger partial charge in [-0.1, -0.05) is 50.2 Å². The van der Waals surface area contributed by atoms with Crippen LogP contribution in [0.25, 0.3) is 0 Å². The highest BCUT2D eigenvalue weighted by Gasteiger charge is 2.11. The fourth-order valence-corrected chi connectivity index (χ4v) is 2.09. The first-order valence-corrected chi connectivity index (χ1v) is 6.81. The maximum atomic E-state index is 6.07. The first kappa shape index (κ1) is 13.6. The van der Waals surface area contributed by atoms with E-state index in [9.17, 15) is 0 Å². The maximum absolute atomic E-state index is 6.07. The molecule has 2 heteroatoms. The van der Waals surface area contributed by atoms with E-state index in [2.05, 4.69) is 26.0 Å². The third-order valence-corrected chi connectivity index (χ3v) is 3.47. The molecule has 0 saturated heterocycles. The smallest absolute Gasteiger partial charge is 0.131 e. The summed E-state index contributed by atoms with van der Waals surface area (Å²) < 4.78 is 6.07. The summed E-state index contributed by atoms with van der Waals surface area (Å²) in [4.78, 5) is 0. The molecular formula is C17H21NO. The largest absolute Gasteiger partial charge is 0.457 e. The normalized spacial score (nSPS) is 12.2. The SMILES string of the molecule is CCC(C)c1ccccc1Oc1ccccc1CN.